The second-order valence-electron chi connectivity index (χ2n) is 6.76. The first-order valence-corrected chi connectivity index (χ1v) is 10.9. The lowest BCUT2D eigenvalue weighted by atomic mass is 10.2. The normalized spacial score (nSPS) is 11.4. The predicted octanol–water partition coefficient (Wildman–Crippen LogP) is 4.55. The van der Waals surface area contributed by atoms with Crippen molar-refractivity contribution in [2.45, 2.75) is 20.4 Å². The van der Waals surface area contributed by atoms with Gasteiger partial charge < -0.3 is 0 Å². The summed E-state index contributed by atoms with van der Waals surface area (Å²) in [6.07, 6.45) is 3.59. The van der Waals surface area contributed by atoms with Gasteiger partial charge in [0.05, 0.1) is 20.4 Å². The van der Waals surface area contributed by atoms with E-state index in [1.54, 1.807) is 16.8 Å². The predicted molar refractivity (Wildman–Crippen MR) is 120 cm³/mol. The molecule has 4 heterocycles. The summed E-state index contributed by atoms with van der Waals surface area (Å²) in [5, 5.41) is 12.4. The lowest BCUT2D eigenvalue weighted by Gasteiger charge is -2.01. The van der Waals surface area contributed by atoms with E-state index in [1.807, 2.05) is 42.9 Å². The number of carbonyl (C=O) groups is 1. The Balaban J connectivity index is 1.49. The Kier molecular flexibility index (Phi) is 4.59. The van der Waals surface area contributed by atoms with E-state index in [1.165, 1.54) is 11.3 Å². The number of rotatable bonds is 4. The standard InChI is InChI=1S/C20H16BrN7OS/c1-3-27-10-12(21)18(26-27)15-6-7-22-17-9-14(25-28(15)17)19(29)24-20-23-13-5-4-11(2)8-16(13)30-20/h4-10H,3H2,1-2H3,(H,23,24,29). The molecule has 1 N–H and O–H groups in total. The summed E-state index contributed by atoms with van der Waals surface area (Å²) in [6.45, 7) is 4.80. The van der Waals surface area contributed by atoms with Gasteiger partial charge in [0.15, 0.2) is 16.5 Å². The summed E-state index contributed by atoms with van der Waals surface area (Å²) in [5.41, 5.74) is 4.32. The summed E-state index contributed by atoms with van der Waals surface area (Å²) < 4.78 is 5.34. The van der Waals surface area contributed by atoms with Crippen LogP contribution in [-0.4, -0.2) is 35.3 Å². The fourth-order valence-electron chi connectivity index (χ4n) is 3.16. The average Bonchev–Trinajstić information content (AvgIpc) is 3.43. The lowest BCUT2D eigenvalue weighted by molar-refractivity contribution is 0.102. The monoisotopic (exact) mass is 481 g/mol. The molecule has 1 amide bonds. The Bertz CT molecular complexity index is 1420. The molecule has 0 aliphatic carbocycles. The van der Waals surface area contributed by atoms with Gasteiger partial charge >= 0.3 is 0 Å². The molecule has 0 unspecified atom stereocenters. The van der Waals surface area contributed by atoms with E-state index in [9.17, 15) is 4.79 Å². The van der Waals surface area contributed by atoms with Gasteiger partial charge in [0.1, 0.15) is 5.69 Å². The first-order valence-electron chi connectivity index (χ1n) is 9.28. The van der Waals surface area contributed by atoms with E-state index in [2.05, 4.69) is 47.5 Å². The summed E-state index contributed by atoms with van der Waals surface area (Å²) in [4.78, 5) is 21.6. The van der Waals surface area contributed by atoms with Crippen LogP contribution in [0.3, 0.4) is 0 Å². The maximum absolute atomic E-state index is 12.8. The van der Waals surface area contributed by atoms with Crippen molar-refractivity contribution in [3.05, 3.63) is 58.5 Å². The minimum absolute atomic E-state index is 0.261. The number of fused-ring (bicyclic) bond motifs is 2. The van der Waals surface area contributed by atoms with Crippen LogP contribution in [0.4, 0.5) is 5.13 Å². The van der Waals surface area contributed by atoms with Gasteiger partial charge in [0, 0.05) is 25.0 Å². The third-order valence-electron chi connectivity index (χ3n) is 4.64. The van der Waals surface area contributed by atoms with Gasteiger partial charge in [-0.1, -0.05) is 17.4 Å². The molecule has 5 rings (SSSR count). The SMILES string of the molecule is CCn1cc(Br)c(-c2ccnc3cc(C(=O)Nc4nc5ccc(C)cc5s4)nn23)n1. The van der Waals surface area contributed by atoms with Crippen LogP contribution in [0, 0.1) is 6.92 Å². The highest BCUT2D eigenvalue weighted by Gasteiger charge is 2.18. The van der Waals surface area contributed by atoms with Gasteiger partial charge in [0.25, 0.3) is 5.91 Å². The van der Waals surface area contributed by atoms with E-state index in [0.717, 1.165) is 38.2 Å². The molecule has 1 aromatic carbocycles. The van der Waals surface area contributed by atoms with Crippen molar-refractivity contribution < 1.29 is 4.79 Å². The zero-order chi connectivity index (χ0) is 20.8. The highest BCUT2D eigenvalue weighted by molar-refractivity contribution is 9.10. The molecular formula is C20H16BrN7OS. The second kappa shape index (κ2) is 7.29. The van der Waals surface area contributed by atoms with Crippen LogP contribution in [0.1, 0.15) is 23.0 Å². The quantitative estimate of drug-likeness (QED) is 0.406. The number of hydrogen-bond acceptors (Lipinski definition) is 6. The number of nitrogens with one attached hydrogen (secondary N) is 1. The summed E-state index contributed by atoms with van der Waals surface area (Å²) in [6, 6.07) is 9.48. The average molecular weight is 482 g/mol. The topological polar surface area (TPSA) is 90.0 Å². The van der Waals surface area contributed by atoms with Crippen LogP contribution in [0.5, 0.6) is 0 Å². The molecule has 0 saturated heterocycles. The molecule has 10 heteroatoms. The number of nitrogens with zero attached hydrogens (tertiary/aromatic N) is 6. The van der Waals surface area contributed by atoms with Crippen LogP contribution in [-0.2, 0) is 6.54 Å². The number of halogens is 1. The van der Waals surface area contributed by atoms with Crippen LogP contribution in [0.2, 0.25) is 0 Å². The zero-order valence-corrected chi connectivity index (χ0v) is 18.5. The molecule has 0 saturated carbocycles. The number of hydrogen-bond donors (Lipinski definition) is 1. The molecule has 0 atom stereocenters. The number of thiazole rings is 1. The van der Waals surface area contributed by atoms with Gasteiger partial charge in [0.2, 0.25) is 0 Å². The molecule has 0 aliphatic rings. The third-order valence-corrected chi connectivity index (χ3v) is 6.15. The van der Waals surface area contributed by atoms with Crippen LogP contribution < -0.4 is 5.32 Å². The number of aryl methyl sites for hydroxylation is 2. The molecular weight excluding hydrogens is 466 g/mol. The number of aromatic nitrogens is 6. The molecule has 30 heavy (non-hydrogen) atoms. The molecule has 0 aliphatic heterocycles. The molecule has 0 radical (unpaired) electrons. The molecule has 4 aromatic heterocycles. The molecule has 0 fully saturated rings. The van der Waals surface area contributed by atoms with Crippen molar-refractivity contribution in [1.29, 1.82) is 0 Å². The maximum atomic E-state index is 12.8. The Morgan fingerprint density at radius 3 is 2.90 bits per heavy atom. The van der Waals surface area contributed by atoms with E-state index in [4.69, 9.17) is 0 Å². The minimum Gasteiger partial charge on any atom is -0.296 e. The fraction of sp³-hybridized carbons (Fsp3) is 0.150. The van der Waals surface area contributed by atoms with Gasteiger partial charge in [-0.25, -0.2) is 14.5 Å². The first kappa shape index (κ1) is 18.9. The molecule has 5 aromatic rings. The Hall–Kier alpha value is -3.11. The molecule has 0 spiro atoms. The zero-order valence-electron chi connectivity index (χ0n) is 16.1. The minimum atomic E-state index is -0.333. The number of amides is 1. The smallest absolute Gasteiger partial charge is 0.278 e. The lowest BCUT2D eigenvalue weighted by Crippen LogP contribution is -2.12. The maximum Gasteiger partial charge on any atom is 0.278 e. The van der Waals surface area contributed by atoms with Crippen molar-refractivity contribution in [2.75, 3.05) is 5.32 Å². The van der Waals surface area contributed by atoms with Gasteiger partial charge in [-0.2, -0.15) is 10.2 Å². The highest BCUT2D eigenvalue weighted by atomic mass is 79.9. The van der Waals surface area contributed by atoms with Crippen LogP contribution in [0.25, 0.3) is 27.3 Å². The van der Waals surface area contributed by atoms with Crippen molar-refractivity contribution in [3.8, 4) is 11.4 Å². The highest BCUT2D eigenvalue weighted by Crippen LogP contribution is 2.28. The number of carbonyl (C=O) groups excluding carboxylic acids is 1. The number of benzene rings is 1. The summed E-state index contributed by atoms with van der Waals surface area (Å²) >= 11 is 4.99. The number of anilines is 1. The largest absolute Gasteiger partial charge is 0.296 e. The van der Waals surface area contributed by atoms with Crippen LogP contribution >= 0.6 is 27.3 Å². The Labute approximate surface area is 183 Å². The second-order valence-corrected chi connectivity index (χ2v) is 8.64. The first-order chi connectivity index (χ1) is 14.5. The van der Waals surface area contributed by atoms with Gasteiger partial charge in [-0.15, -0.1) is 0 Å². The van der Waals surface area contributed by atoms with E-state index in [-0.39, 0.29) is 11.6 Å². The molecule has 8 nitrogen and oxygen atoms in total. The summed E-state index contributed by atoms with van der Waals surface area (Å²) in [7, 11) is 0. The van der Waals surface area contributed by atoms with Crippen molar-refractivity contribution in [1.82, 2.24) is 29.4 Å². The van der Waals surface area contributed by atoms with Gasteiger partial charge in [-0.05, 0) is 53.5 Å². The molecule has 0 bridgehead atoms. The van der Waals surface area contributed by atoms with Gasteiger partial charge in [-0.3, -0.25) is 14.8 Å². The van der Waals surface area contributed by atoms with E-state index < -0.39 is 0 Å². The van der Waals surface area contributed by atoms with Crippen molar-refractivity contribution in [3.63, 3.8) is 0 Å². The van der Waals surface area contributed by atoms with E-state index in [0.29, 0.717) is 10.8 Å². The Morgan fingerprint density at radius 1 is 1.23 bits per heavy atom. The van der Waals surface area contributed by atoms with Crippen molar-refractivity contribution in [2.24, 2.45) is 0 Å². The van der Waals surface area contributed by atoms with E-state index >= 15 is 0 Å². The fourth-order valence-corrected chi connectivity index (χ4v) is 4.64. The third kappa shape index (κ3) is 3.27. The van der Waals surface area contributed by atoms with Crippen LogP contribution in [0.15, 0.2) is 47.2 Å². The van der Waals surface area contributed by atoms with Crippen molar-refractivity contribution >= 4 is 54.2 Å². The molecule has 150 valence electrons. The summed E-state index contributed by atoms with van der Waals surface area (Å²) in [5.74, 6) is -0.333. The Morgan fingerprint density at radius 2 is 2.10 bits per heavy atom.